The molecule has 1 atom stereocenters. The van der Waals surface area contributed by atoms with E-state index < -0.39 is 0 Å². The molecule has 1 aromatic rings. The first-order chi connectivity index (χ1) is 10.7. The smallest absolute Gasteiger partial charge is 0.246 e. The number of hydrogen-bond donors (Lipinski definition) is 1. The number of rotatable bonds is 2. The minimum atomic E-state index is -0.389. The topological polar surface area (TPSA) is 58.6 Å². The van der Waals surface area contributed by atoms with Gasteiger partial charge in [0.2, 0.25) is 11.8 Å². The summed E-state index contributed by atoms with van der Waals surface area (Å²) in [6.45, 7) is 1.30. The number of ether oxygens (including phenoxy) is 1. The molecule has 0 aliphatic carbocycles. The molecule has 1 N–H and O–H groups in total. The maximum atomic E-state index is 12.7. The molecule has 118 valence electrons. The van der Waals surface area contributed by atoms with Crippen molar-refractivity contribution in [3.05, 3.63) is 29.3 Å². The van der Waals surface area contributed by atoms with Crippen LogP contribution in [0.5, 0.6) is 5.75 Å². The first kappa shape index (κ1) is 15.2. The van der Waals surface area contributed by atoms with Gasteiger partial charge < -0.3 is 15.0 Å². The van der Waals surface area contributed by atoms with E-state index >= 15 is 0 Å². The lowest BCUT2D eigenvalue weighted by atomic mass is 9.99. The Morgan fingerprint density at radius 1 is 1.36 bits per heavy atom. The Bertz CT molecular complexity index is 591. The summed E-state index contributed by atoms with van der Waals surface area (Å²) in [5.74, 6) is 2.31. The van der Waals surface area contributed by atoms with Crippen LogP contribution in [0.4, 0.5) is 0 Å². The Morgan fingerprint density at radius 2 is 2.23 bits per heavy atom. The van der Waals surface area contributed by atoms with Gasteiger partial charge in [0.15, 0.2) is 0 Å². The van der Waals surface area contributed by atoms with E-state index in [0.717, 1.165) is 23.5 Å². The van der Waals surface area contributed by atoms with Crippen LogP contribution < -0.4 is 10.1 Å². The molecular weight excluding hydrogens is 300 g/mol. The molecular formula is C16H20N2O3S. The SMILES string of the molecule is COc1ccc2c(c1)CCN(C(=O)C1CSCCC(=O)N1)C2. The van der Waals surface area contributed by atoms with Crippen molar-refractivity contribution in [2.75, 3.05) is 25.2 Å². The summed E-state index contributed by atoms with van der Waals surface area (Å²) < 4.78 is 5.24. The predicted molar refractivity (Wildman–Crippen MR) is 86.0 cm³/mol. The largest absolute Gasteiger partial charge is 0.497 e. The minimum Gasteiger partial charge on any atom is -0.497 e. The molecule has 2 aliphatic heterocycles. The molecule has 0 radical (unpaired) electrons. The Labute approximate surface area is 134 Å². The van der Waals surface area contributed by atoms with E-state index in [-0.39, 0.29) is 17.9 Å². The van der Waals surface area contributed by atoms with Crippen molar-refractivity contribution in [1.29, 1.82) is 0 Å². The molecule has 1 unspecified atom stereocenters. The van der Waals surface area contributed by atoms with Gasteiger partial charge in [-0.1, -0.05) is 6.07 Å². The van der Waals surface area contributed by atoms with Gasteiger partial charge in [0.1, 0.15) is 11.8 Å². The van der Waals surface area contributed by atoms with Crippen molar-refractivity contribution in [2.45, 2.75) is 25.4 Å². The average Bonchev–Trinajstić information content (AvgIpc) is 2.77. The van der Waals surface area contributed by atoms with Crippen LogP contribution in [0.25, 0.3) is 0 Å². The fourth-order valence-electron chi connectivity index (χ4n) is 2.87. The van der Waals surface area contributed by atoms with Crippen LogP contribution in [0.15, 0.2) is 18.2 Å². The molecule has 1 fully saturated rings. The van der Waals surface area contributed by atoms with Gasteiger partial charge in [0.05, 0.1) is 7.11 Å². The standard InChI is InChI=1S/C16H20N2O3S/c1-21-13-3-2-12-9-18(6-4-11(12)8-13)16(20)14-10-22-7-5-15(19)17-14/h2-3,8,14H,4-7,9-10H2,1H3,(H,17,19). The lowest BCUT2D eigenvalue weighted by molar-refractivity contribution is -0.136. The summed E-state index contributed by atoms with van der Waals surface area (Å²) in [6, 6.07) is 5.60. The van der Waals surface area contributed by atoms with Gasteiger partial charge in [-0.3, -0.25) is 9.59 Å². The zero-order valence-electron chi connectivity index (χ0n) is 12.6. The van der Waals surface area contributed by atoms with Crippen LogP contribution in [0, 0.1) is 0 Å². The lowest BCUT2D eigenvalue weighted by Crippen LogP contribution is -2.50. The predicted octanol–water partition coefficient (Wildman–Crippen LogP) is 1.20. The first-order valence-corrected chi connectivity index (χ1v) is 8.64. The van der Waals surface area contributed by atoms with E-state index in [4.69, 9.17) is 4.74 Å². The molecule has 0 saturated carbocycles. The van der Waals surface area contributed by atoms with E-state index in [1.165, 1.54) is 5.56 Å². The first-order valence-electron chi connectivity index (χ1n) is 7.49. The highest BCUT2D eigenvalue weighted by Gasteiger charge is 2.29. The summed E-state index contributed by atoms with van der Waals surface area (Å²) >= 11 is 1.66. The molecule has 6 heteroatoms. The second kappa shape index (κ2) is 6.60. The molecule has 1 aromatic carbocycles. The van der Waals surface area contributed by atoms with Crippen molar-refractivity contribution >= 4 is 23.6 Å². The highest BCUT2D eigenvalue weighted by atomic mass is 32.2. The van der Waals surface area contributed by atoms with Crippen molar-refractivity contribution < 1.29 is 14.3 Å². The zero-order chi connectivity index (χ0) is 15.5. The number of nitrogens with zero attached hydrogens (tertiary/aromatic N) is 1. The van der Waals surface area contributed by atoms with Crippen LogP contribution in [0.1, 0.15) is 17.5 Å². The Kier molecular flexibility index (Phi) is 4.57. The number of carbonyl (C=O) groups excluding carboxylic acids is 2. The number of thioether (sulfide) groups is 1. The molecule has 0 bridgehead atoms. The average molecular weight is 320 g/mol. The van der Waals surface area contributed by atoms with Gasteiger partial charge in [-0.2, -0.15) is 11.8 Å². The van der Waals surface area contributed by atoms with Crippen LogP contribution in [0.2, 0.25) is 0 Å². The molecule has 2 aliphatic rings. The molecule has 1 saturated heterocycles. The molecule has 0 aromatic heterocycles. The number of methoxy groups -OCH3 is 1. The van der Waals surface area contributed by atoms with Crippen molar-refractivity contribution in [3.63, 3.8) is 0 Å². The fraction of sp³-hybridized carbons (Fsp3) is 0.500. The molecule has 22 heavy (non-hydrogen) atoms. The number of hydrogen-bond acceptors (Lipinski definition) is 4. The maximum Gasteiger partial charge on any atom is 0.246 e. The zero-order valence-corrected chi connectivity index (χ0v) is 13.4. The normalized spacial score (nSPS) is 21.6. The summed E-state index contributed by atoms with van der Waals surface area (Å²) in [5.41, 5.74) is 2.40. The van der Waals surface area contributed by atoms with E-state index in [0.29, 0.717) is 25.3 Å². The van der Waals surface area contributed by atoms with Gasteiger partial charge in [-0.05, 0) is 29.7 Å². The molecule has 3 rings (SSSR count). The monoisotopic (exact) mass is 320 g/mol. The number of benzene rings is 1. The Morgan fingerprint density at radius 3 is 3.05 bits per heavy atom. The van der Waals surface area contributed by atoms with Gasteiger partial charge >= 0.3 is 0 Å². The number of fused-ring (bicyclic) bond motifs is 1. The van der Waals surface area contributed by atoms with Crippen molar-refractivity contribution in [1.82, 2.24) is 10.2 Å². The molecule has 2 amide bonds. The maximum absolute atomic E-state index is 12.7. The third-order valence-electron chi connectivity index (χ3n) is 4.13. The second-order valence-corrected chi connectivity index (χ2v) is 6.74. The van der Waals surface area contributed by atoms with E-state index in [1.54, 1.807) is 18.9 Å². The fourth-order valence-corrected chi connectivity index (χ4v) is 3.83. The van der Waals surface area contributed by atoms with Crippen LogP contribution in [-0.2, 0) is 22.6 Å². The van der Waals surface area contributed by atoms with E-state index in [9.17, 15) is 9.59 Å². The summed E-state index contributed by atoms with van der Waals surface area (Å²) in [5, 5.41) is 2.85. The summed E-state index contributed by atoms with van der Waals surface area (Å²) in [4.78, 5) is 26.2. The lowest BCUT2D eigenvalue weighted by Gasteiger charge is -2.31. The molecule has 0 spiro atoms. The van der Waals surface area contributed by atoms with Crippen LogP contribution >= 0.6 is 11.8 Å². The molecule has 5 nitrogen and oxygen atoms in total. The quantitative estimate of drug-likeness (QED) is 0.890. The van der Waals surface area contributed by atoms with Crippen molar-refractivity contribution in [3.8, 4) is 5.75 Å². The highest BCUT2D eigenvalue weighted by Crippen LogP contribution is 2.24. The van der Waals surface area contributed by atoms with Crippen molar-refractivity contribution in [2.24, 2.45) is 0 Å². The van der Waals surface area contributed by atoms with Gasteiger partial charge in [-0.15, -0.1) is 0 Å². The van der Waals surface area contributed by atoms with Crippen LogP contribution in [-0.4, -0.2) is 47.9 Å². The molecule has 2 heterocycles. The highest BCUT2D eigenvalue weighted by molar-refractivity contribution is 7.99. The summed E-state index contributed by atoms with van der Waals surface area (Å²) in [6.07, 6.45) is 1.32. The Balaban J connectivity index is 1.70. The number of amides is 2. The van der Waals surface area contributed by atoms with E-state index in [2.05, 4.69) is 5.32 Å². The van der Waals surface area contributed by atoms with Gasteiger partial charge in [0, 0.05) is 31.0 Å². The number of nitrogens with one attached hydrogen (secondary N) is 1. The Hall–Kier alpha value is -1.69. The number of carbonyl (C=O) groups is 2. The third kappa shape index (κ3) is 3.21. The third-order valence-corrected chi connectivity index (χ3v) is 5.19. The van der Waals surface area contributed by atoms with Gasteiger partial charge in [-0.25, -0.2) is 0 Å². The second-order valence-electron chi connectivity index (χ2n) is 5.59. The van der Waals surface area contributed by atoms with Gasteiger partial charge in [0.25, 0.3) is 0 Å². The minimum absolute atomic E-state index is 0.0227. The van der Waals surface area contributed by atoms with E-state index in [1.807, 2.05) is 23.1 Å². The van der Waals surface area contributed by atoms with Crippen LogP contribution in [0.3, 0.4) is 0 Å². The summed E-state index contributed by atoms with van der Waals surface area (Å²) in [7, 11) is 1.66.